The third kappa shape index (κ3) is 4.97. The Hall–Kier alpha value is -3.66. The molecule has 9 nitrogen and oxygen atoms in total. The van der Waals surface area contributed by atoms with Crippen LogP contribution in [0, 0.1) is 22.9 Å². The monoisotopic (exact) mass is 439 g/mol. The van der Waals surface area contributed by atoms with Crippen LogP contribution in [0.15, 0.2) is 47.0 Å². The average Bonchev–Trinajstić information content (AvgIpc) is 3.26. The van der Waals surface area contributed by atoms with E-state index in [4.69, 9.17) is 4.52 Å². The number of anilines is 1. The number of nitro benzene ring substituents is 1. The SMILES string of the molecule is Cc1cc([N+](=O)[O-])ccc1NC(=O)CN1CCCC(c2nc(-c3cccc(F)c3)no2)C1. The summed E-state index contributed by atoms with van der Waals surface area (Å²) in [5.41, 5.74) is 1.70. The number of amides is 1. The largest absolute Gasteiger partial charge is 0.339 e. The number of benzene rings is 2. The van der Waals surface area contributed by atoms with Crippen LogP contribution in [0.3, 0.4) is 0 Å². The smallest absolute Gasteiger partial charge is 0.269 e. The van der Waals surface area contributed by atoms with Gasteiger partial charge in [-0.2, -0.15) is 4.98 Å². The number of carbonyl (C=O) groups excluding carboxylic acids is 1. The Bertz CT molecular complexity index is 1150. The summed E-state index contributed by atoms with van der Waals surface area (Å²) in [5, 5.41) is 17.7. The standard InChI is InChI=1S/C22H22FN5O4/c1-14-10-18(28(30)31)7-8-19(14)24-20(29)13-27-9-3-5-16(12-27)22-25-21(26-32-22)15-4-2-6-17(23)11-15/h2,4,6-8,10-11,16H,3,5,9,12-13H2,1H3,(H,24,29). The number of rotatable bonds is 6. The minimum absolute atomic E-state index is 0.0171. The van der Waals surface area contributed by atoms with Crippen LogP contribution in [0.2, 0.25) is 0 Å². The van der Waals surface area contributed by atoms with E-state index in [0.29, 0.717) is 35.1 Å². The molecule has 1 aliphatic heterocycles. The van der Waals surface area contributed by atoms with Crippen molar-refractivity contribution in [2.75, 3.05) is 25.0 Å². The molecule has 1 aromatic heterocycles. The zero-order chi connectivity index (χ0) is 22.7. The molecule has 1 atom stereocenters. The average molecular weight is 439 g/mol. The highest BCUT2D eigenvalue weighted by molar-refractivity contribution is 5.93. The van der Waals surface area contributed by atoms with E-state index in [-0.39, 0.29) is 29.9 Å². The van der Waals surface area contributed by atoms with Gasteiger partial charge in [-0.1, -0.05) is 17.3 Å². The van der Waals surface area contributed by atoms with Crippen LogP contribution in [-0.4, -0.2) is 45.5 Å². The molecule has 1 amide bonds. The number of nitrogens with zero attached hydrogens (tertiary/aromatic N) is 4. The fourth-order valence-electron chi connectivity index (χ4n) is 3.84. The minimum Gasteiger partial charge on any atom is -0.339 e. The summed E-state index contributed by atoms with van der Waals surface area (Å²) < 4.78 is 18.9. The number of nitro groups is 1. The quantitative estimate of drug-likeness (QED) is 0.457. The highest BCUT2D eigenvalue weighted by atomic mass is 19.1. The maximum absolute atomic E-state index is 13.5. The van der Waals surface area contributed by atoms with Crippen molar-refractivity contribution >= 4 is 17.3 Å². The van der Waals surface area contributed by atoms with Crippen LogP contribution in [0.5, 0.6) is 0 Å². The molecular formula is C22H22FN5O4. The summed E-state index contributed by atoms with van der Waals surface area (Å²) in [4.78, 5) is 29.4. The lowest BCUT2D eigenvalue weighted by Crippen LogP contribution is -2.39. The van der Waals surface area contributed by atoms with Gasteiger partial charge in [0.2, 0.25) is 17.6 Å². The lowest BCUT2D eigenvalue weighted by molar-refractivity contribution is -0.384. The van der Waals surface area contributed by atoms with Crippen LogP contribution < -0.4 is 5.32 Å². The van der Waals surface area contributed by atoms with Crippen LogP contribution >= 0.6 is 0 Å². The van der Waals surface area contributed by atoms with E-state index in [2.05, 4.69) is 15.5 Å². The summed E-state index contributed by atoms with van der Waals surface area (Å²) in [6.45, 7) is 3.23. The second kappa shape index (κ2) is 9.23. The van der Waals surface area contributed by atoms with Crippen LogP contribution in [-0.2, 0) is 4.79 Å². The van der Waals surface area contributed by atoms with E-state index in [1.165, 1.54) is 30.3 Å². The molecule has 1 fully saturated rings. The topological polar surface area (TPSA) is 114 Å². The summed E-state index contributed by atoms with van der Waals surface area (Å²) in [6.07, 6.45) is 1.72. The van der Waals surface area contributed by atoms with E-state index in [1.807, 2.05) is 4.90 Å². The molecule has 32 heavy (non-hydrogen) atoms. The van der Waals surface area contributed by atoms with Crippen molar-refractivity contribution in [2.24, 2.45) is 0 Å². The van der Waals surface area contributed by atoms with Crippen LogP contribution in [0.1, 0.15) is 30.2 Å². The van der Waals surface area contributed by atoms with Crippen molar-refractivity contribution in [1.29, 1.82) is 0 Å². The van der Waals surface area contributed by atoms with Gasteiger partial charge < -0.3 is 9.84 Å². The van der Waals surface area contributed by atoms with E-state index >= 15 is 0 Å². The molecule has 10 heteroatoms. The number of non-ortho nitro benzene ring substituents is 1. The molecule has 0 saturated carbocycles. The molecule has 1 unspecified atom stereocenters. The maximum Gasteiger partial charge on any atom is 0.269 e. The fourth-order valence-corrected chi connectivity index (χ4v) is 3.84. The number of hydrogen-bond donors (Lipinski definition) is 1. The summed E-state index contributed by atoms with van der Waals surface area (Å²) in [6, 6.07) is 10.4. The van der Waals surface area contributed by atoms with Crippen LogP contribution in [0.4, 0.5) is 15.8 Å². The molecule has 1 N–H and O–H groups in total. The zero-order valence-corrected chi connectivity index (χ0v) is 17.5. The predicted molar refractivity (Wildman–Crippen MR) is 115 cm³/mol. The second-order valence-electron chi connectivity index (χ2n) is 7.85. The van der Waals surface area contributed by atoms with Crippen molar-refractivity contribution in [3.63, 3.8) is 0 Å². The third-order valence-corrected chi connectivity index (χ3v) is 5.44. The third-order valence-electron chi connectivity index (χ3n) is 5.44. The molecule has 4 rings (SSSR count). The molecule has 1 aliphatic rings. The number of aromatic nitrogens is 2. The molecule has 0 aliphatic carbocycles. The number of piperidine rings is 1. The van der Waals surface area contributed by atoms with Crippen molar-refractivity contribution in [2.45, 2.75) is 25.7 Å². The van der Waals surface area contributed by atoms with E-state index in [1.54, 1.807) is 19.1 Å². The Morgan fingerprint density at radius 1 is 1.34 bits per heavy atom. The Balaban J connectivity index is 1.37. The van der Waals surface area contributed by atoms with E-state index < -0.39 is 4.92 Å². The van der Waals surface area contributed by atoms with Gasteiger partial charge in [0.05, 0.1) is 17.4 Å². The number of halogens is 1. The van der Waals surface area contributed by atoms with Crippen molar-refractivity contribution < 1.29 is 18.6 Å². The zero-order valence-electron chi connectivity index (χ0n) is 17.5. The second-order valence-corrected chi connectivity index (χ2v) is 7.85. The Labute approximate surface area is 183 Å². The van der Waals surface area contributed by atoms with Gasteiger partial charge in [0.25, 0.3) is 5.69 Å². The number of nitrogens with one attached hydrogen (secondary N) is 1. The summed E-state index contributed by atoms with van der Waals surface area (Å²) >= 11 is 0. The first-order valence-corrected chi connectivity index (χ1v) is 10.3. The van der Waals surface area contributed by atoms with E-state index in [9.17, 15) is 19.3 Å². The first kappa shape index (κ1) is 21.6. The molecule has 166 valence electrons. The molecule has 0 radical (unpaired) electrons. The summed E-state index contributed by atoms with van der Waals surface area (Å²) in [7, 11) is 0. The van der Waals surface area contributed by atoms with Crippen molar-refractivity contribution in [1.82, 2.24) is 15.0 Å². The first-order chi connectivity index (χ1) is 15.4. The van der Waals surface area contributed by atoms with Crippen LogP contribution in [0.25, 0.3) is 11.4 Å². The molecule has 0 bridgehead atoms. The van der Waals surface area contributed by atoms with Gasteiger partial charge in [0, 0.05) is 29.9 Å². The van der Waals surface area contributed by atoms with Crippen molar-refractivity contribution in [3.8, 4) is 11.4 Å². The number of hydrogen-bond acceptors (Lipinski definition) is 7. The van der Waals surface area contributed by atoms with Gasteiger partial charge >= 0.3 is 0 Å². The number of likely N-dealkylation sites (tertiary alicyclic amines) is 1. The van der Waals surface area contributed by atoms with Gasteiger partial charge in [-0.15, -0.1) is 0 Å². The minimum atomic E-state index is -0.469. The first-order valence-electron chi connectivity index (χ1n) is 10.3. The number of aryl methyl sites for hydroxylation is 1. The number of carbonyl (C=O) groups is 1. The molecule has 3 aromatic rings. The molecular weight excluding hydrogens is 417 g/mol. The lowest BCUT2D eigenvalue weighted by atomic mass is 9.98. The van der Waals surface area contributed by atoms with Gasteiger partial charge in [-0.05, 0) is 50.1 Å². The molecule has 2 heterocycles. The maximum atomic E-state index is 13.5. The highest BCUT2D eigenvalue weighted by Gasteiger charge is 2.27. The molecule has 0 spiro atoms. The van der Waals surface area contributed by atoms with Gasteiger partial charge in [-0.25, -0.2) is 4.39 Å². The molecule has 2 aromatic carbocycles. The Kier molecular flexibility index (Phi) is 6.22. The van der Waals surface area contributed by atoms with Gasteiger partial charge in [0.1, 0.15) is 5.82 Å². The fraction of sp³-hybridized carbons (Fsp3) is 0.318. The Morgan fingerprint density at radius 2 is 2.19 bits per heavy atom. The van der Waals surface area contributed by atoms with Gasteiger partial charge in [0.15, 0.2) is 0 Å². The highest BCUT2D eigenvalue weighted by Crippen LogP contribution is 2.28. The normalized spacial score (nSPS) is 16.6. The van der Waals surface area contributed by atoms with Gasteiger partial charge in [-0.3, -0.25) is 19.8 Å². The Morgan fingerprint density at radius 3 is 2.94 bits per heavy atom. The lowest BCUT2D eigenvalue weighted by Gasteiger charge is -2.30. The molecule has 1 saturated heterocycles. The van der Waals surface area contributed by atoms with Crippen molar-refractivity contribution in [3.05, 3.63) is 69.9 Å². The van der Waals surface area contributed by atoms with E-state index in [0.717, 1.165) is 19.4 Å². The predicted octanol–water partition coefficient (Wildman–Crippen LogP) is 3.91. The summed E-state index contributed by atoms with van der Waals surface area (Å²) in [5.74, 6) is 0.219.